The van der Waals surface area contributed by atoms with Crippen LogP contribution in [-0.4, -0.2) is 26.2 Å². The van der Waals surface area contributed by atoms with Gasteiger partial charge in [0, 0.05) is 6.04 Å². The largest absolute Gasteiger partial charge is 0.493 e. The summed E-state index contributed by atoms with van der Waals surface area (Å²) >= 11 is 0. The molecule has 2 aliphatic carbocycles. The number of hydrogen-bond acceptors (Lipinski definition) is 3. The van der Waals surface area contributed by atoms with E-state index < -0.39 is 0 Å². The van der Waals surface area contributed by atoms with Crippen LogP contribution >= 0.6 is 0 Å². The molecule has 2 fully saturated rings. The van der Waals surface area contributed by atoms with Crippen molar-refractivity contribution in [2.24, 2.45) is 17.8 Å². The van der Waals surface area contributed by atoms with E-state index in [2.05, 4.69) is 12.2 Å². The Morgan fingerprint density at radius 1 is 1.23 bits per heavy atom. The molecule has 4 atom stereocenters. The van der Waals surface area contributed by atoms with E-state index in [0.29, 0.717) is 23.0 Å². The monoisotopic (exact) mass is 303 g/mol. The van der Waals surface area contributed by atoms with Gasteiger partial charge in [-0.3, -0.25) is 4.79 Å². The van der Waals surface area contributed by atoms with Crippen LogP contribution in [0.25, 0.3) is 0 Å². The molecule has 4 heteroatoms. The van der Waals surface area contributed by atoms with Gasteiger partial charge in [0.25, 0.3) is 5.91 Å². The van der Waals surface area contributed by atoms with E-state index in [4.69, 9.17) is 9.47 Å². The molecule has 1 amide bonds. The van der Waals surface area contributed by atoms with Gasteiger partial charge in [0.15, 0.2) is 11.5 Å². The van der Waals surface area contributed by atoms with Crippen molar-refractivity contribution in [2.75, 3.05) is 14.2 Å². The number of carbonyl (C=O) groups excluding carboxylic acids is 1. The zero-order valence-electron chi connectivity index (χ0n) is 13.6. The molecule has 4 unspecified atom stereocenters. The smallest absolute Gasteiger partial charge is 0.255 e. The Hall–Kier alpha value is -1.71. The molecule has 2 bridgehead atoms. The number of amides is 1. The van der Waals surface area contributed by atoms with Crippen LogP contribution in [-0.2, 0) is 0 Å². The summed E-state index contributed by atoms with van der Waals surface area (Å²) in [6.07, 6.45) is 5.33. The number of fused-ring (bicyclic) bond motifs is 2. The van der Waals surface area contributed by atoms with E-state index in [0.717, 1.165) is 11.8 Å². The lowest BCUT2D eigenvalue weighted by atomic mass is 9.84. The van der Waals surface area contributed by atoms with E-state index >= 15 is 0 Å². The summed E-state index contributed by atoms with van der Waals surface area (Å²) < 4.78 is 10.6. The highest BCUT2D eigenvalue weighted by Crippen LogP contribution is 2.49. The number of ether oxygens (including phenoxy) is 2. The number of para-hydroxylation sites is 1. The fourth-order valence-electron chi connectivity index (χ4n) is 4.36. The zero-order chi connectivity index (χ0) is 15.7. The second-order valence-corrected chi connectivity index (χ2v) is 6.64. The van der Waals surface area contributed by atoms with Gasteiger partial charge in [-0.05, 0) is 56.1 Å². The average Bonchev–Trinajstić information content (AvgIpc) is 3.16. The van der Waals surface area contributed by atoms with Crippen molar-refractivity contribution in [3.63, 3.8) is 0 Å². The van der Waals surface area contributed by atoms with Crippen molar-refractivity contribution in [1.29, 1.82) is 0 Å². The second-order valence-electron chi connectivity index (χ2n) is 6.64. The number of methoxy groups -OCH3 is 2. The molecule has 22 heavy (non-hydrogen) atoms. The van der Waals surface area contributed by atoms with Crippen LogP contribution in [0.1, 0.15) is 43.0 Å². The first-order valence-corrected chi connectivity index (χ1v) is 8.16. The molecule has 0 saturated heterocycles. The Bertz CT molecular complexity index is 557. The molecular weight excluding hydrogens is 278 g/mol. The van der Waals surface area contributed by atoms with Crippen LogP contribution in [0.5, 0.6) is 11.5 Å². The van der Waals surface area contributed by atoms with Crippen molar-refractivity contribution in [3.05, 3.63) is 23.8 Å². The van der Waals surface area contributed by atoms with E-state index in [1.54, 1.807) is 26.4 Å². The third-order valence-electron chi connectivity index (χ3n) is 5.44. The molecule has 0 radical (unpaired) electrons. The summed E-state index contributed by atoms with van der Waals surface area (Å²) in [6, 6.07) is 5.61. The van der Waals surface area contributed by atoms with E-state index in [9.17, 15) is 4.79 Å². The van der Waals surface area contributed by atoms with Crippen LogP contribution in [0.4, 0.5) is 0 Å². The fraction of sp³-hybridized carbons (Fsp3) is 0.611. The van der Waals surface area contributed by atoms with E-state index in [1.807, 2.05) is 6.07 Å². The maximum Gasteiger partial charge on any atom is 0.255 e. The number of benzene rings is 1. The average molecular weight is 303 g/mol. The van der Waals surface area contributed by atoms with E-state index in [-0.39, 0.29) is 11.9 Å². The summed E-state index contributed by atoms with van der Waals surface area (Å²) in [6.45, 7) is 2.13. The van der Waals surface area contributed by atoms with Crippen LogP contribution in [0.2, 0.25) is 0 Å². The lowest BCUT2D eigenvalue weighted by Crippen LogP contribution is -2.40. The molecule has 0 aromatic heterocycles. The topological polar surface area (TPSA) is 47.6 Å². The summed E-state index contributed by atoms with van der Waals surface area (Å²) in [5.41, 5.74) is 0.539. The molecule has 1 aromatic carbocycles. The minimum absolute atomic E-state index is 0.0778. The summed E-state index contributed by atoms with van der Waals surface area (Å²) in [5.74, 6) is 3.32. The molecule has 1 N–H and O–H groups in total. The van der Waals surface area contributed by atoms with Crippen LogP contribution in [0.15, 0.2) is 18.2 Å². The number of rotatable bonds is 5. The van der Waals surface area contributed by atoms with Gasteiger partial charge < -0.3 is 14.8 Å². The number of hydrogen-bond donors (Lipinski definition) is 1. The standard InChI is InChI=1S/C18H25NO3/c1-11(15-10-12-7-8-13(15)9-12)19-18(20)14-5-4-6-16(21-2)17(14)22-3/h4-6,11-13,15H,7-10H2,1-3H3,(H,19,20). The Labute approximate surface area is 132 Å². The van der Waals surface area contributed by atoms with Gasteiger partial charge in [-0.1, -0.05) is 12.5 Å². The first kappa shape index (κ1) is 15.2. The number of carbonyl (C=O) groups is 1. The molecular formula is C18H25NO3. The van der Waals surface area contributed by atoms with Crippen molar-refractivity contribution in [2.45, 2.75) is 38.6 Å². The highest BCUT2D eigenvalue weighted by Gasteiger charge is 2.42. The summed E-state index contributed by atoms with van der Waals surface area (Å²) in [5, 5.41) is 3.17. The Morgan fingerprint density at radius 2 is 2.05 bits per heavy atom. The number of nitrogens with one attached hydrogen (secondary N) is 1. The van der Waals surface area contributed by atoms with Crippen LogP contribution in [0.3, 0.4) is 0 Å². The Balaban J connectivity index is 1.72. The molecule has 0 aliphatic heterocycles. The van der Waals surface area contributed by atoms with Crippen molar-refractivity contribution in [1.82, 2.24) is 5.32 Å². The molecule has 120 valence electrons. The predicted molar refractivity (Wildman–Crippen MR) is 85.4 cm³/mol. The first-order chi connectivity index (χ1) is 10.6. The molecule has 4 nitrogen and oxygen atoms in total. The predicted octanol–water partition coefficient (Wildman–Crippen LogP) is 3.26. The maximum atomic E-state index is 12.6. The normalized spacial score (nSPS) is 27.5. The highest BCUT2D eigenvalue weighted by atomic mass is 16.5. The summed E-state index contributed by atoms with van der Waals surface area (Å²) in [7, 11) is 3.14. The van der Waals surface area contributed by atoms with E-state index in [1.165, 1.54) is 25.7 Å². The first-order valence-electron chi connectivity index (χ1n) is 8.16. The minimum atomic E-state index is -0.0778. The minimum Gasteiger partial charge on any atom is -0.493 e. The van der Waals surface area contributed by atoms with Gasteiger partial charge in [0.05, 0.1) is 19.8 Å². The lowest BCUT2D eigenvalue weighted by molar-refractivity contribution is 0.0911. The molecule has 0 heterocycles. The third-order valence-corrected chi connectivity index (χ3v) is 5.44. The lowest BCUT2D eigenvalue weighted by Gasteiger charge is -2.28. The molecule has 2 saturated carbocycles. The van der Waals surface area contributed by atoms with Crippen molar-refractivity contribution < 1.29 is 14.3 Å². The molecule has 3 rings (SSSR count). The van der Waals surface area contributed by atoms with Gasteiger partial charge in [-0.15, -0.1) is 0 Å². The Kier molecular flexibility index (Phi) is 4.27. The van der Waals surface area contributed by atoms with Crippen molar-refractivity contribution in [3.8, 4) is 11.5 Å². The highest BCUT2D eigenvalue weighted by molar-refractivity contribution is 5.98. The quantitative estimate of drug-likeness (QED) is 0.908. The molecule has 0 spiro atoms. The fourth-order valence-corrected chi connectivity index (χ4v) is 4.36. The van der Waals surface area contributed by atoms with Gasteiger partial charge in [-0.25, -0.2) is 0 Å². The third kappa shape index (κ3) is 2.67. The summed E-state index contributed by atoms with van der Waals surface area (Å²) in [4.78, 5) is 12.6. The molecule has 2 aliphatic rings. The van der Waals surface area contributed by atoms with Gasteiger partial charge >= 0.3 is 0 Å². The van der Waals surface area contributed by atoms with Gasteiger partial charge in [0.1, 0.15) is 0 Å². The van der Waals surface area contributed by atoms with Gasteiger partial charge in [0.2, 0.25) is 0 Å². The van der Waals surface area contributed by atoms with Crippen LogP contribution in [0, 0.1) is 17.8 Å². The SMILES string of the molecule is COc1cccc(C(=O)NC(C)C2CC3CCC2C3)c1OC. The zero-order valence-corrected chi connectivity index (χ0v) is 13.6. The van der Waals surface area contributed by atoms with Crippen molar-refractivity contribution >= 4 is 5.91 Å². The van der Waals surface area contributed by atoms with Gasteiger partial charge in [-0.2, -0.15) is 0 Å². The molecule has 1 aromatic rings. The Morgan fingerprint density at radius 3 is 2.64 bits per heavy atom. The second kappa shape index (κ2) is 6.19. The van der Waals surface area contributed by atoms with Crippen LogP contribution < -0.4 is 14.8 Å². The maximum absolute atomic E-state index is 12.6.